The maximum absolute atomic E-state index is 12.9. The molecule has 2 nitrogen and oxygen atoms in total. The molecule has 6 heteroatoms. The van der Waals surface area contributed by atoms with Crippen LogP contribution in [0.15, 0.2) is 18.2 Å². The normalized spacial score (nSPS) is 20.1. The summed E-state index contributed by atoms with van der Waals surface area (Å²) in [6.45, 7) is 0.724. The SMILES string of the molecule is Nc1ccc(NCC2CSCCS2)c(C(F)F)c1. The molecule has 0 saturated carbocycles. The number of nitrogen functional groups attached to an aromatic ring is 1. The third-order valence-electron chi connectivity index (χ3n) is 2.72. The first-order chi connectivity index (χ1) is 8.66. The summed E-state index contributed by atoms with van der Waals surface area (Å²) >= 11 is 3.83. The van der Waals surface area contributed by atoms with Gasteiger partial charge in [0.1, 0.15) is 0 Å². The number of hydrogen-bond donors (Lipinski definition) is 2. The number of nitrogens with two attached hydrogens (primary N) is 1. The Morgan fingerprint density at radius 3 is 2.89 bits per heavy atom. The van der Waals surface area contributed by atoms with Gasteiger partial charge in [0.25, 0.3) is 6.43 Å². The lowest BCUT2D eigenvalue weighted by Gasteiger charge is -2.22. The summed E-state index contributed by atoms with van der Waals surface area (Å²) in [5.74, 6) is 3.41. The van der Waals surface area contributed by atoms with Crippen LogP contribution < -0.4 is 11.1 Å². The number of anilines is 2. The topological polar surface area (TPSA) is 38.0 Å². The highest BCUT2D eigenvalue weighted by Gasteiger charge is 2.17. The minimum absolute atomic E-state index is 0.0107. The van der Waals surface area contributed by atoms with E-state index in [1.807, 2.05) is 23.5 Å². The van der Waals surface area contributed by atoms with Gasteiger partial charge in [-0.3, -0.25) is 0 Å². The molecule has 1 unspecified atom stereocenters. The Morgan fingerprint density at radius 2 is 2.22 bits per heavy atom. The molecule has 0 amide bonds. The number of nitrogens with one attached hydrogen (secondary N) is 1. The summed E-state index contributed by atoms with van der Waals surface area (Å²) < 4.78 is 25.7. The van der Waals surface area contributed by atoms with Crippen molar-refractivity contribution in [2.75, 3.05) is 34.9 Å². The third-order valence-corrected chi connectivity index (χ3v) is 5.56. The van der Waals surface area contributed by atoms with E-state index in [4.69, 9.17) is 5.73 Å². The van der Waals surface area contributed by atoms with Crippen LogP contribution in [0.5, 0.6) is 0 Å². The van der Waals surface area contributed by atoms with Crippen LogP contribution in [0.4, 0.5) is 20.2 Å². The van der Waals surface area contributed by atoms with Crippen molar-refractivity contribution in [3.05, 3.63) is 23.8 Å². The number of rotatable bonds is 4. The Kier molecular flexibility index (Phi) is 5.00. The van der Waals surface area contributed by atoms with E-state index in [0.29, 0.717) is 16.6 Å². The fraction of sp³-hybridized carbons (Fsp3) is 0.500. The molecule has 100 valence electrons. The van der Waals surface area contributed by atoms with Gasteiger partial charge < -0.3 is 11.1 Å². The van der Waals surface area contributed by atoms with Crippen LogP contribution in [0.1, 0.15) is 12.0 Å². The van der Waals surface area contributed by atoms with E-state index < -0.39 is 6.43 Å². The highest BCUT2D eigenvalue weighted by atomic mass is 32.2. The van der Waals surface area contributed by atoms with Gasteiger partial charge in [0.05, 0.1) is 0 Å². The van der Waals surface area contributed by atoms with Crippen LogP contribution in [-0.2, 0) is 0 Å². The molecular formula is C12H16F2N2S2. The first-order valence-corrected chi connectivity index (χ1v) is 7.98. The van der Waals surface area contributed by atoms with Gasteiger partial charge in [-0.1, -0.05) is 0 Å². The lowest BCUT2D eigenvalue weighted by Crippen LogP contribution is -2.23. The number of alkyl halides is 2. The van der Waals surface area contributed by atoms with Crippen molar-refractivity contribution in [3.8, 4) is 0 Å². The third kappa shape index (κ3) is 3.68. The Morgan fingerprint density at radius 1 is 1.39 bits per heavy atom. The number of thioether (sulfide) groups is 2. The van der Waals surface area contributed by atoms with Crippen molar-refractivity contribution < 1.29 is 8.78 Å². The maximum Gasteiger partial charge on any atom is 0.265 e. The van der Waals surface area contributed by atoms with Crippen molar-refractivity contribution in [2.45, 2.75) is 11.7 Å². The first-order valence-electron chi connectivity index (χ1n) is 5.77. The molecule has 0 aliphatic carbocycles. The molecule has 3 N–H and O–H groups in total. The van der Waals surface area contributed by atoms with E-state index in [2.05, 4.69) is 5.32 Å². The van der Waals surface area contributed by atoms with E-state index in [-0.39, 0.29) is 5.56 Å². The van der Waals surface area contributed by atoms with E-state index in [0.717, 1.165) is 18.1 Å². The largest absolute Gasteiger partial charge is 0.399 e. The van der Waals surface area contributed by atoms with E-state index in [9.17, 15) is 8.78 Å². The number of hydrogen-bond acceptors (Lipinski definition) is 4. The second-order valence-corrected chi connectivity index (χ2v) is 6.65. The van der Waals surface area contributed by atoms with Crippen molar-refractivity contribution >= 4 is 34.9 Å². The molecule has 1 aromatic rings. The Bertz CT molecular complexity index is 396. The van der Waals surface area contributed by atoms with Crippen LogP contribution in [0.3, 0.4) is 0 Å². The second kappa shape index (κ2) is 6.52. The van der Waals surface area contributed by atoms with Crippen molar-refractivity contribution in [3.63, 3.8) is 0 Å². The molecule has 1 atom stereocenters. The fourth-order valence-corrected chi connectivity index (χ4v) is 4.41. The molecule has 1 aliphatic heterocycles. The van der Waals surface area contributed by atoms with E-state index >= 15 is 0 Å². The summed E-state index contributed by atoms with van der Waals surface area (Å²) in [4.78, 5) is 0. The molecule has 1 aliphatic rings. The van der Waals surface area contributed by atoms with Crippen LogP contribution in [0, 0.1) is 0 Å². The Labute approximate surface area is 114 Å². The zero-order valence-electron chi connectivity index (χ0n) is 9.86. The van der Waals surface area contributed by atoms with Crippen LogP contribution in [0.25, 0.3) is 0 Å². The van der Waals surface area contributed by atoms with E-state index in [1.165, 1.54) is 11.8 Å². The first kappa shape index (κ1) is 13.8. The summed E-state index contributed by atoms with van der Waals surface area (Å²) in [7, 11) is 0. The molecule has 1 aromatic carbocycles. The predicted molar refractivity (Wildman–Crippen MR) is 77.9 cm³/mol. The lowest BCUT2D eigenvalue weighted by atomic mass is 10.1. The van der Waals surface area contributed by atoms with Gasteiger partial charge >= 0.3 is 0 Å². The summed E-state index contributed by atoms with van der Waals surface area (Å²) in [5, 5.41) is 3.61. The van der Waals surface area contributed by atoms with Crippen molar-refractivity contribution in [2.24, 2.45) is 0 Å². The number of halogens is 2. The fourth-order valence-electron chi connectivity index (χ4n) is 1.80. The zero-order valence-corrected chi connectivity index (χ0v) is 11.5. The maximum atomic E-state index is 12.9. The highest BCUT2D eigenvalue weighted by Crippen LogP contribution is 2.30. The molecule has 0 bridgehead atoms. The molecule has 0 spiro atoms. The van der Waals surface area contributed by atoms with Gasteiger partial charge in [-0.25, -0.2) is 8.78 Å². The van der Waals surface area contributed by atoms with Gasteiger partial charge in [-0.2, -0.15) is 23.5 Å². The average Bonchev–Trinajstić information content (AvgIpc) is 2.38. The molecule has 0 radical (unpaired) electrons. The standard InChI is InChI=1S/C12H16F2N2S2/c13-12(14)10-5-8(15)1-2-11(10)16-6-9-7-17-3-4-18-9/h1-2,5,9,12,16H,3-4,6-7,15H2. The number of benzene rings is 1. The molecule has 1 saturated heterocycles. The van der Waals surface area contributed by atoms with Crippen LogP contribution >= 0.6 is 23.5 Å². The van der Waals surface area contributed by atoms with Gasteiger partial charge in [0, 0.05) is 46.0 Å². The Balaban J connectivity index is 1.99. The van der Waals surface area contributed by atoms with E-state index in [1.54, 1.807) is 12.1 Å². The highest BCUT2D eigenvalue weighted by molar-refractivity contribution is 8.06. The van der Waals surface area contributed by atoms with Crippen LogP contribution in [-0.4, -0.2) is 29.1 Å². The van der Waals surface area contributed by atoms with Crippen LogP contribution in [0.2, 0.25) is 0 Å². The molecule has 2 rings (SSSR count). The molecule has 1 fully saturated rings. The molecule has 1 heterocycles. The monoisotopic (exact) mass is 290 g/mol. The minimum atomic E-state index is -2.50. The van der Waals surface area contributed by atoms with Crippen molar-refractivity contribution in [1.29, 1.82) is 0 Å². The summed E-state index contributed by atoms with van der Waals surface area (Å²) in [6.07, 6.45) is -2.50. The lowest BCUT2D eigenvalue weighted by molar-refractivity contribution is 0.152. The molecule has 0 aromatic heterocycles. The molecule has 18 heavy (non-hydrogen) atoms. The van der Waals surface area contributed by atoms with Crippen molar-refractivity contribution in [1.82, 2.24) is 0 Å². The average molecular weight is 290 g/mol. The Hall–Kier alpha value is -0.620. The minimum Gasteiger partial charge on any atom is -0.399 e. The molecular weight excluding hydrogens is 274 g/mol. The van der Waals surface area contributed by atoms with Gasteiger partial charge in [-0.05, 0) is 18.2 Å². The zero-order chi connectivity index (χ0) is 13.0. The van der Waals surface area contributed by atoms with Gasteiger partial charge in [0.2, 0.25) is 0 Å². The van der Waals surface area contributed by atoms with Gasteiger partial charge in [0.15, 0.2) is 0 Å². The van der Waals surface area contributed by atoms with Gasteiger partial charge in [-0.15, -0.1) is 0 Å². The smallest absolute Gasteiger partial charge is 0.265 e. The summed E-state index contributed by atoms with van der Waals surface area (Å²) in [5.41, 5.74) is 6.39. The predicted octanol–water partition coefficient (Wildman–Crippen LogP) is 3.47. The quantitative estimate of drug-likeness (QED) is 0.833. The second-order valence-electron chi connectivity index (χ2n) is 4.10. The summed E-state index contributed by atoms with van der Waals surface area (Å²) in [6, 6.07) is 4.63.